The number of nitriles is 1. The van der Waals surface area contributed by atoms with Crippen LogP contribution >= 0.6 is 11.8 Å². The van der Waals surface area contributed by atoms with E-state index in [0.29, 0.717) is 22.0 Å². The standard InChI is InChI=1S/C15H12N2O3S/c1-20-12-4-2-3-10(7-12)13-6-5-11(8-16)15(17-13)21-9-14(18)19/h2-7H,9H2,1H3,(H,18,19). The van der Waals surface area contributed by atoms with E-state index in [9.17, 15) is 4.79 Å². The topological polar surface area (TPSA) is 83.2 Å². The van der Waals surface area contributed by atoms with Crippen molar-refractivity contribution in [2.75, 3.05) is 12.9 Å². The van der Waals surface area contributed by atoms with E-state index in [1.165, 1.54) is 0 Å². The molecule has 106 valence electrons. The number of rotatable bonds is 5. The van der Waals surface area contributed by atoms with Gasteiger partial charge in [0, 0.05) is 5.56 Å². The fourth-order valence-electron chi connectivity index (χ4n) is 1.71. The molecular weight excluding hydrogens is 288 g/mol. The molecule has 0 spiro atoms. The molecule has 0 aliphatic rings. The Kier molecular flexibility index (Phi) is 4.80. The van der Waals surface area contributed by atoms with Crippen LogP contribution in [0, 0.1) is 11.3 Å². The van der Waals surface area contributed by atoms with E-state index >= 15 is 0 Å². The predicted molar refractivity (Wildman–Crippen MR) is 79.3 cm³/mol. The Balaban J connectivity index is 2.38. The molecule has 0 saturated carbocycles. The summed E-state index contributed by atoms with van der Waals surface area (Å²) >= 11 is 1.03. The molecule has 2 rings (SSSR count). The Bertz CT molecular complexity index is 710. The van der Waals surface area contributed by atoms with Gasteiger partial charge in [0.05, 0.1) is 24.1 Å². The maximum atomic E-state index is 10.7. The molecule has 1 heterocycles. The van der Waals surface area contributed by atoms with E-state index in [1.54, 1.807) is 19.2 Å². The van der Waals surface area contributed by atoms with Crippen molar-refractivity contribution in [1.82, 2.24) is 4.98 Å². The van der Waals surface area contributed by atoms with Crippen LogP contribution in [0.3, 0.4) is 0 Å². The molecule has 1 aromatic carbocycles. The highest BCUT2D eigenvalue weighted by Crippen LogP contribution is 2.27. The van der Waals surface area contributed by atoms with Crippen LogP contribution in [0.5, 0.6) is 5.75 Å². The second kappa shape index (κ2) is 6.77. The first-order chi connectivity index (χ1) is 10.1. The SMILES string of the molecule is COc1cccc(-c2ccc(C#N)c(SCC(=O)O)n2)c1. The zero-order valence-corrected chi connectivity index (χ0v) is 12.1. The monoisotopic (exact) mass is 300 g/mol. The molecular formula is C15H12N2O3S. The number of aromatic nitrogens is 1. The minimum absolute atomic E-state index is 0.136. The van der Waals surface area contributed by atoms with Crippen molar-refractivity contribution in [3.05, 3.63) is 42.0 Å². The summed E-state index contributed by atoms with van der Waals surface area (Å²) in [5.41, 5.74) is 1.88. The van der Waals surface area contributed by atoms with Crippen LogP contribution in [0.25, 0.3) is 11.3 Å². The van der Waals surface area contributed by atoms with Gasteiger partial charge in [-0.3, -0.25) is 4.79 Å². The third kappa shape index (κ3) is 3.74. The van der Waals surface area contributed by atoms with Gasteiger partial charge in [-0.05, 0) is 24.3 Å². The first-order valence-corrected chi connectivity index (χ1v) is 7.02. The summed E-state index contributed by atoms with van der Waals surface area (Å²) < 4.78 is 5.17. The number of aliphatic carboxylic acids is 1. The van der Waals surface area contributed by atoms with Gasteiger partial charge >= 0.3 is 5.97 Å². The van der Waals surface area contributed by atoms with Crippen molar-refractivity contribution in [2.24, 2.45) is 0 Å². The lowest BCUT2D eigenvalue weighted by Crippen LogP contribution is -2.00. The quantitative estimate of drug-likeness (QED) is 0.855. The van der Waals surface area contributed by atoms with E-state index in [1.807, 2.05) is 30.3 Å². The lowest BCUT2D eigenvalue weighted by atomic mass is 10.1. The maximum Gasteiger partial charge on any atom is 0.313 e. The van der Waals surface area contributed by atoms with Crippen molar-refractivity contribution >= 4 is 17.7 Å². The summed E-state index contributed by atoms with van der Waals surface area (Å²) in [6.45, 7) is 0. The van der Waals surface area contributed by atoms with Crippen molar-refractivity contribution in [3.8, 4) is 23.1 Å². The first kappa shape index (κ1) is 14.9. The molecule has 5 nitrogen and oxygen atoms in total. The number of nitrogens with zero attached hydrogens (tertiary/aromatic N) is 2. The van der Waals surface area contributed by atoms with Gasteiger partial charge in [0.2, 0.25) is 0 Å². The number of carbonyl (C=O) groups is 1. The predicted octanol–water partition coefficient (Wildman–Crippen LogP) is 2.81. The van der Waals surface area contributed by atoms with Gasteiger partial charge in [0.25, 0.3) is 0 Å². The molecule has 0 fully saturated rings. The van der Waals surface area contributed by atoms with Crippen molar-refractivity contribution in [2.45, 2.75) is 5.03 Å². The second-order valence-electron chi connectivity index (χ2n) is 4.08. The van der Waals surface area contributed by atoms with Crippen LogP contribution < -0.4 is 4.74 Å². The van der Waals surface area contributed by atoms with E-state index in [2.05, 4.69) is 4.98 Å². The molecule has 21 heavy (non-hydrogen) atoms. The number of hydrogen-bond acceptors (Lipinski definition) is 5. The summed E-state index contributed by atoms with van der Waals surface area (Å²) in [6, 6.07) is 12.8. The molecule has 0 radical (unpaired) electrons. The molecule has 6 heteroatoms. The van der Waals surface area contributed by atoms with Crippen LogP contribution in [0.2, 0.25) is 0 Å². The molecule has 0 saturated heterocycles. The van der Waals surface area contributed by atoms with Crippen molar-refractivity contribution in [1.29, 1.82) is 5.26 Å². The van der Waals surface area contributed by atoms with Gasteiger partial charge in [-0.25, -0.2) is 4.98 Å². The number of benzene rings is 1. The minimum Gasteiger partial charge on any atom is -0.497 e. The van der Waals surface area contributed by atoms with Gasteiger partial charge in [0.1, 0.15) is 16.8 Å². The minimum atomic E-state index is -0.947. The summed E-state index contributed by atoms with van der Waals surface area (Å²) in [5, 5.41) is 18.2. The number of ether oxygens (including phenoxy) is 1. The molecule has 0 aliphatic heterocycles. The van der Waals surface area contributed by atoms with E-state index in [0.717, 1.165) is 17.3 Å². The second-order valence-corrected chi connectivity index (χ2v) is 5.04. The third-order valence-electron chi connectivity index (χ3n) is 2.68. The van der Waals surface area contributed by atoms with Crippen LogP contribution in [0.4, 0.5) is 0 Å². The van der Waals surface area contributed by atoms with E-state index < -0.39 is 5.97 Å². The molecule has 0 atom stereocenters. The summed E-state index contributed by atoms with van der Waals surface area (Å²) in [6.07, 6.45) is 0. The van der Waals surface area contributed by atoms with E-state index in [-0.39, 0.29) is 5.75 Å². The average Bonchev–Trinajstić information content (AvgIpc) is 2.52. The van der Waals surface area contributed by atoms with Gasteiger partial charge in [0.15, 0.2) is 0 Å². The first-order valence-electron chi connectivity index (χ1n) is 6.04. The van der Waals surface area contributed by atoms with Gasteiger partial charge < -0.3 is 9.84 Å². The molecule has 0 aliphatic carbocycles. The number of carboxylic acids is 1. The van der Waals surface area contributed by atoms with Gasteiger partial charge in [-0.2, -0.15) is 5.26 Å². The number of thioether (sulfide) groups is 1. The Morgan fingerprint density at radius 3 is 2.90 bits per heavy atom. The largest absolute Gasteiger partial charge is 0.497 e. The highest BCUT2D eigenvalue weighted by atomic mass is 32.2. The smallest absolute Gasteiger partial charge is 0.313 e. The van der Waals surface area contributed by atoms with Crippen LogP contribution in [0.1, 0.15) is 5.56 Å². The maximum absolute atomic E-state index is 10.7. The number of hydrogen-bond donors (Lipinski definition) is 1. The summed E-state index contributed by atoms with van der Waals surface area (Å²) in [4.78, 5) is 15.0. The fourth-order valence-corrected chi connectivity index (χ4v) is 2.40. The Labute approximate surface area is 126 Å². The van der Waals surface area contributed by atoms with Crippen LogP contribution in [0.15, 0.2) is 41.4 Å². The Hall–Kier alpha value is -2.52. The highest BCUT2D eigenvalue weighted by Gasteiger charge is 2.10. The summed E-state index contributed by atoms with van der Waals surface area (Å²) in [7, 11) is 1.58. The molecule has 0 unspecified atom stereocenters. The molecule has 0 bridgehead atoms. The Morgan fingerprint density at radius 2 is 2.24 bits per heavy atom. The average molecular weight is 300 g/mol. The van der Waals surface area contributed by atoms with Gasteiger partial charge in [-0.1, -0.05) is 23.9 Å². The number of pyridine rings is 1. The number of carboxylic acid groups (broad SMARTS) is 1. The molecule has 2 aromatic rings. The van der Waals surface area contributed by atoms with Crippen molar-refractivity contribution in [3.63, 3.8) is 0 Å². The van der Waals surface area contributed by atoms with Crippen LogP contribution in [-0.2, 0) is 4.79 Å². The molecule has 1 aromatic heterocycles. The van der Waals surface area contributed by atoms with Gasteiger partial charge in [-0.15, -0.1) is 0 Å². The zero-order valence-electron chi connectivity index (χ0n) is 11.2. The molecule has 1 N–H and O–H groups in total. The number of methoxy groups -OCH3 is 1. The fraction of sp³-hybridized carbons (Fsp3) is 0.133. The normalized spacial score (nSPS) is 9.90. The third-order valence-corrected chi connectivity index (χ3v) is 3.65. The van der Waals surface area contributed by atoms with Crippen molar-refractivity contribution < 1.29 is 14.6 Å². The summed E-state index contributed by atoms with van der Waals surface area (Å²) in [5.74, 6) is -0.376. The van der Waals surface area contributed by atoms with E-state index in [4.69, 9.17) is 15.1 Å². The Morgan fingerprint density at radius 1 is 1.43 bits per heavy atom. The molecule has 0 amide bonds. The van der Waals surface area contributed by atoms with Crippen LogP contribution in [-0.4, -0.2) is 28.9 Å². The highest BCUT2D eigenvalue weighted by molar-refractivity contribution is 7.99. The lowest BCUT2D eigenvalue weighted by Gasteiger charge is -2.07. The zero-order chi connectivity index (χ0) is 15.2. The lowest BCUT2D eigenvalue weighted by molar-refractivity contribution is -0.133.